The van der Waals surface area contributed by atoms with Gasteiger partial charge in [0.2, 0.25) is 0 Å². The number of hydrogen-bond acceptors (Lipinski definition) is 5. The van der Waals surface area contributed by atoms with Crippen molar-refractivity contribution in [2.75, 3.05) is 12.4 Å². The van der Waals surface area contributed by atoms with Gasteiger partial charge in [-0.25, -0.2) is 4.79 Å². The number of hydrogen-bond donors (Lipinski definition) is 1. The Balaban J connectivity index is 1.75. The molecule has 2 aromatic carbocycles. The van der Waals surface area contributed by atoms with Crippen molar-refractivity contribution >= 4 is 24.4 Å². The highest BCUT2D eigenvalue weighted by atomic mass is 16.7. The molecule has 154 valence electrons. The molecule has 1 N–H and O–H groups in total. The first-order valence-electron chi connectivity index (χ1n) is 9.64. The van der Waals surface area contributed by atoms with Crippen LogP contribution in [0, 0.1) is 0 Å². The van der Waals surface area contributed by atoms with Gasteiger partial charge in [0.25, 0.3) is 0 Å². The molecule has 0 spiro atoms. The number of carbonyl (C=O) groups excluding carboxylic acids is 1. The lowest BCUT2D eigenvalue weighted by atomic mass is 9.79. The summed E-state index contributed by atoms with van der Waals surface area (Å²) in [6.45, 7) is 9.48. The molecule has 2 aromatic rings. The van der Waals surface area contributed by atoms with Crippen LogP contribution in [0.5, 0.6) is 5.75 Å². The zero-order valence-electron chi connectivity index (χ0n) is 17.8. The molecule has 1 unspecified atom stereocenters. The molecule has 0 radical (unpaired) electrons. The SMILES string of the molecule is COc1ccc(C2OB(c3cccc(NC(=O)OC(C)(C)C)c3)OC2(C)C)cc1. The minimum atomic E-state index is -0.561. The summed E-state index contributed by atoms with van der Waals surface area (Å²) < 4.78 is 23.0. The highest BCUT2D eigenvalue weighted by Crippen LogP contribution is 2.39. The standard InChI is InChI=1S/C22H28BNO5/c1-21(2,3)27-20(25)24-17-9-7-8-16(14-17)23-28-19(22(4,5)29-23)15-10-12-18(26-6)13-11-15/h7-14,19H,1-6H3,(H,24,25). The van der Waals surface area contributed by atoms with Gasteiger partial charge in [-0.15, -0.1) is 0 Å². The van der Waals surface area contributed by atoms with Crippen LogP contribution in [0.3, 0.4) is 0 Å². The molecule has 1 aliphatic heterocycles. The average Bonchev–Trinajstić information content (AvgIpc) is 2.96. The van der Waals surface area contributed by atoms with Gasteiger partial charge >= 0.3 is 13.2 Å². The number of ether oxygens (including phenoxy) is 2. The van der Waals surface area contributed by atoms with E-state index in [1.54, 1.807) is 13.2 Å². The summed E-state index contributed by atoms with van der Waals surface area (Å²) >= 11 is 0. The monoisotopic (exact) mass is 397 g/mol. The van der Waals surface area contributed by atoms with Gasteiger partial charge in [0.1, 0.15) is 11.4 Å². The van der Waals surface area contributed by atoms with E-state index in [1.807, 2.05) is 77.1 Å². The third-order valence-corrected chi connectivity index (χ3v) is 4.52. The smallest absolute Gasteiger partial charge is 0.494 e. The van der Waals surface area contributed by atoms with Crippen LogP contribution in [0.25, 0.3) is 0 Å². The van der Waals surface area contributed by atoms with Crippen LogP contribution < -0.4 is 15.5 Å². The van der Waals surface area contributed by atoms with Crippen molar-refractivity contribution in [2.24, 2.45) is 0 Å². The van der Waals surface area contributed by atoms with Gasteiger partial charge in [-0.05, 0) is 69.9 Å². The van der Waals surface area contributed by atoms with E-state index in [0.717, 1.165) is 16.8 Å². The van der Waals surface area contributed by atoms with Crippen LogP contribution >= 0.6 is 0 Å². The van der Waals surface area contributed by atoms with Crippen LogP contribution in [0.4, 0.5) is 10.5 Å². The van der Waals surface area contributed by atoms with Crippen molar-refractivity contribution in [3.8, 4) is 5.75 Å². The predicted octanol–water partition coefficient (Wildman–Crippen LogP) is 4.30. The topological polar surface area (TPSA) is 66.0 Å². The number of rotatable bonds is 4. The van der Waals surface area contributed by atoms with Crippen molar-refractivity contribution < 1.29 is 23.6 Å². The van der Waals surface area contributed by atoms with E-state index in [2.05, 4.69) is 5.32 Å². The molecule has 3 rings (SSSR count). The summed E-state index contributed by atoms with van der Waals surface area (Å²) in [6, 6.07) is 15.2. The van der Waals surface area contributed by atoms with Crippen LogP contribution in [0.1, 0.15) is 46.3 Å². The van der Waals surface area contributed by atoms with Crippen molar-refractivity contribution in [2.45, 2.75) is 51.9 Å². The second-order valence-corrected chi connectivity index (χ2v) is 8.59. The minimum Gasteiger partial charge on any atom is -0.497 e. The molecule has 29 heavy (non-hydrogen) atoms. The zero-order chi connectivity index (χ0) is 21.2. The Hall–Kier alpha value is -2.51. The molecule has 1 heterocycles. The third kappa shape index (κ3) is 5.31. The largest absolute Gasteiger partial charge is 0.497 e. The fourth-order valence-electron chi connectivity index (χ4n) is 3.24. The fourth-order valence-corrected chi connectivity index (χ4v) is 3.24. The summed E-state index contributed by atoms with van der Waals surface area (Å²) in [7, 11) is 1.10. The first kappa shape index (κ1) is 21.2. The number of methoxy groups -OCH3 is 1. The number of carbonyl (C=O) groups is 1. The summed E-state index contributed by atoms with van der Waals surface area (Å²) in [5, 5.41) is 2.75. The Morgan fingerprint density at radius 1 is 1.14 bits per heavy atom. The minimum absolute atomic E-state index is 0.235. The summed E-state index contributed by atoms with van der Waals surface area (Å²) in [5.41, 5.74) is 1.38. The Morgan fingerprint density at radius 3 is 2.45 bits per heavy atom. The van der Waals surface area contributed by atoms with Crippen molar-refractivity contribution in [3.63, 3.8) is 0 Å². The Bertz CT molecular complexity index is 860. The highest BCUT2D eigenvalue weighted by Gasteiger charge is 2.47. The van der Waals surface area contributed by atoms with E-state index in [9.17, 15) is 4.79 Å². The van der Waals surface area contributed by atoms with Crippen LogP contribution in [0.15, 0.2) is 48.5 Å². The zero-order valence-corrected chi connectivity index (χ0v) is 17.8. The molecule has 7 heteroatoms. The Labute approximate surface area is 172 Å². The van der Waals surface area contributed by atoms with Crippen LogP contribution in [-0.4, -0.2) is 31.5 Å². The molecule has 1 aliphatic rings. The number of amides is 1. The molecular weight excluding hydrogens is 369 g/mol. The van der Waals surface area contributed by atoms with Gasteiger partial charge in [-0.1, -0.05) is 24.3 Å². The quantitative estimate of drug-likeness (QED) is 0.780. The first-order chi connectivity index (χ1) is 13.6. The highest BCUT2D eigenvalue weighted by molar-refractivity contribution is 6.62. The van der Waals surface area contributed by atoms with Crippen molar-refractivity contribution in [1.29, 1.82) is 0 Å². The molecule has 1 fully saturated rings. The molecule has 6 nitrogen and oxygen atoms in total. The van der Waals surface area contributed by atoms with Gasteiger partial charge in [0.05, 0.1) is 18.8 Å². The number of anilines is 1. The van der Waals surface area contributed by atoms with E-state index >= 15 is 0 Å². The van der Waals surface area contributed by atoms with E-state index < -0.39 is 24.4 Å². The second-order valence-electron chi connectivity index (χ2n) is 8.59. The van der Waals surface area contributed by atoms with E-state index in [4.69, 9.17) is 18.8 Å². The Morgan fingerprint density at radius 2 is 1.83 bits per heavy atom. The lowest BCUT2D eigenvalue weighted by Crippen LogP contribution is -2.35. The molecule has 0 aliphatic carbocycles. The van der Waals surface area contributed by atoms with Gasteiger partial charge in [-0.3, -0.25) is 5.32 Å². The normalized spacial score (nSPS) is 18.4. The molecular formula is C22H28BNO5. The van der Waals surface area contributed by atoms with E-state index in [1.165, 1.54) is 0 Å². The molecule has 0 aromatic heterocycles. The molecule has 1 saturated heterocycles. The van der Waals surface area contributed by atoms with Crippen LogP contribution in [-0.2, 0) is 14.0 Å². The Kier molecular flexibility index (Phi) is 5.91. The van der Waals surface area contributed by atoms with Gasteiger partial charge in [0.15, 0.2) is 0 Å². The number of benzene rings is 2. The first-order valence-corrected chi connectivity index (χ1v) is 9.64. The van der Waals surface area contributed by atoms with E-state index in [0.29, 0.717) is 5.69 Å². The van der Waals surface area contributed by atoms with Crippen molar-refractivity contribution in [3.05, 3.63) is 54.1 Å². The van der Waals surface area contributed by atoms with E-state index in [-0.39, 0.29) is 6.10 Å². The molecule has 0 bridgehead atoms. The third-order valence-electron chi connectivity index (χ3n) is 4.52. The van der Waals surface area contributed by atoms with Gasteiger partial charge in [-0.2, -0.15) is 0 Å². The molecule has 1 amide bonds. The maximum absolute atomic E-state index is 12.0. The number of nitrogens with one attached hydrogen (secondary N) is 1. The lowest BCUT2D eigenvalue weighted by Gasteiger charge is -2.25. The lowest BCUT2D eigenvalue weighted by molar-refractivity contribution is 0.0635. The van der Waals surface area contributed by atoms with Gasteiger partial charge in [0, 0.05) is 5.69 Å². The average molecular weight is 397 g/mol. The predicted molar refractivity (Wildman–Crippen MR) is 114 cm³/mol. The molecule has 1 atom stereocenters. The second kappa shape index (κ2) is 8.09. The summed E-state index contributed by atoms with van der Waals surface area (Å²) in [6.07, 6.45) is -0.736. The maximum Gasteiger partial charge on any atom is 0.494 e. The van der Waals surface area contributed by atoms with Crippen LogP contribution in [0.2, 0.25) is 0 Å². The van der Waals surface area contributed by atoms with Gasteiger partial charge < -0.3 is 18.8 Å². The maximum atomic E-state index is 12.0. The summed E-state index contributed by atoms with van der Waals surface area (Å²) in [4.78, 5) is 12.0. The van der Waals surface area contributed by atoms with Crippen molar-refractivity contribution in [1.82, 2.24) is 0 Å². The summed E-state index contributed by atoms with van der Waals surface area (Å²) in [5.74, 6) is 0.794. The molecule has 0 saturated carbocycles. The fraction of sp³-hybridized carbons (Fsp3) is 0.409.